The lowest BCUT2D eigenvalue weighted by molar-refractivity contribution is -0.130. The Kier molecular flexibility index (Phi) is 4.40. The van der Waals surface area contributed by atoms with Crippen molar-refractivity contribution >= 4 is 11.8 Å². The summed E-state index contributed by atoms with van der Waals surface area (Å²) in [5.41, 5.74) is 0.321. The summed E-state index contributed by atoms with van der Waals surface area (Å²) < 4.78 is 28.3. The molecule has 2 rings (SSSR count). The van der Waals surface area contributed by atoms with E-state index in [0.717, 1.165) is 0 Å². The fourth-order valence-electron chi connectivity index (χ4n) is 2.29. The summed E-state index contributed by atoms with van der Waals surface area (Å²) in [7, 11) is 3.25. The lowest BCUT2D eigenvalue weighted by Crippen LogP contribution is -2.42. The molecule has 1 aromatic carbocycles. The van der Waals surface area contributed by atoms with Crippen LogP contribution in [-0.4, -0.2) is 54.9 Å². The molecule has 5 nitrogen and oxygen atoms in total. The molecule has 1 aliphatic rings. The third kappa shape index (κ3) is 3.29. The van der Waals surface area contributed by atoms with Crippen molar-refractivity contribution in [2.24, 2.45) is 0 Å². The van der Waals surface area contributed by atoms with E-state index in [0.29, 0.717) is 18.5 Å². The van der Waals surface area contributed by atoms with Crippen molar-refractivity contribution in [3.8, 4) is 5.75 Å². The molecule has 1 aromatic rings. The van der Waals surface area contributed by atoms with Gasteiger partial charge in [0.15, 0.2) is 0 Å². The predicted octanol–water partition coefficient (Wildman–Crippen LogP) is 1.59. The number of hydrogen-bond acceptors (Lipinski definition) is 3. The van der Waals surface area contributed by atoms with Crippen LogP contribution >= 0.6 is 0 Å². The van der Waals surface area contributed by atoms with Crippen molar-refractivity contribution in [2.75, 3.05) is 20.6 Å². The first-order valence-corrected chi connectivity index (χ1v) is 6.47. The van der Waals surface area contributed by atoms with E-state index in [-0.39, 0.29) is 17.6 Å². The Morgan fingerprint density at radius 2 is 2.00 bits per heavy atom. The quantitative estimate of drug-likeness (QED) is 0.848. The number of rotatable bonds is 4. The largest absolute Gasteiger partial charge is 0.435 e. The normalized spacial score (nSPS) is 18.2. The first-order chi connectivity index (χ1) is 9.90. The van der Waals surface area contributed by atoms with Gasteiger partial charge in [0, 0.05) is 26.2 Å². The third-order valence-electron chi connectivity index (χ3n) is 3.51. The van der Waals surface area contributed by atoms with Gasteiger partial charge in [-0.05, 0) is 30.7 Å². The van der Waals surface area contributed by atoms with Gasteiger partial charge >= 0.3 is 6.61 Å². The van der Waals surface area contributed by atoms with Crippen LogP contribution in [0.15, 0.2) is 24.3 Å². The van der Waals surface area contributed by atoms with Crippen LogP contribution in [0.1, 0.15) is 16.8 Å². The molecule has 1 unspecified atom stereocenters. The summed E-state index contributed by atoms with van der Waals surface area (Å²) >= 11 is 0. The summed E-state index contributed by atoms with van der Waals surface area (Å²) in [6.45, 7) is -2.29. The Hall–Kier alpha value is -2.18. The molecule has 0 spiro atoms. The summed E-state index contributed by atoms with van der Waals surface area (Å²) in [6.07, 6.45) is 0.587. The summed E-state index contributed by atoms with van der Waals surface area (Å²) in [4.78, 5) is 27.1. The predicted molar refractivity (Wildman–Crippen MR) is 71.2 cm³/mol. The highest BCUT2D eigenvalue weighted by Crippen LogP contribution is 2.19. The molecule has 0 radical (unpaired) electrons. The van der Waals surface area contributed by atoms with Gasteiger partial charge in [0.05, 0.1) is 0 Å². The Labute approximate surface area is 121 Å². The molecular weight excluding hydrogens is 282 g/mol. The summed E-state index contributed by atoms with van der Waals surface area (Å²) in [5, 5.41) is 0. The second-order valence-corrected chi connectivity index (χ2v) is 4.88. The Bertz CT molecular complexity index is 534. The fraction of sp³-hybridized carbons (Fsp3) is 0.429. The highest BCUT2D eigenvalue weighted by molar-refractivity contribution is 5.97. The molecule has 2 amide bonds. The molecule has 1 atom stereocenters. The lowest BCUT2D eigenvalue weighted by atomic mass is 10.1. The molecule has 0 aromatic heterocycles. The summed E-state index contributed by atoms with van der Waals surface area (Å²) in [6, 6.07) is 4.94. The molecule has 21 heavy (non-hydrogen) atoms. The van der Waals surface area contributed by atoms with Gasteiger partial charge in [-0.25, -0.2) is 0 Å². The van der Waals surface area contributed by atoms with Crippen molar-refractivity contribution in [1.29, 1.82) is 0 Å². The zero-order valence-corrected chi connectivity index (χ0v) is 11.8. The fourth-order valence-corrected chi connectivity index (χ4v) is 2.29. The first kappa shape index (κ1) is 15.2. The lowest BCUT2D eigenvalue weighted by Gasteiger charge is -2.23. The minimum Gasteiger partial charge on any atom is -0.435 e. The Morgan fingerprint density at radius 3 is 2.48 bits per heavy atom. The maximum Gasteiger partial charge on any atom is 0.387 e. The van der Waals surface area contributed by atoms with Gasteiger partial charge in [-0.3, -0.25) is 9.59 Å². The minimum absolute atomic E-state index is 0.0131. The van der Waals surface area contributed by atoms with Crippen molar-refractivity contribution in [3.63, 3.8) is 0 Å². The van der Waals surface area contributed by atoms with E-state index in [4.69, 9.17) is 0 Å². The van der Waals surface area contributed by atoms with Crippen LogP contribution in [0.4, 0.5) is 8.78 Å². The number of carbonyl (C=O) groups excluding carboxylic acids is 2. The Balaban J connectivity index is 2.07. The number of likely N-dealkylation sites (N-methyl/N-ethyl adjacent to an activating group) is 2. The van der Waals surface area contributed by atoms with Crippen molar-refractivity contribution in [2.45, 2.75) is 19.1 Å². The van der Waals surface area contributed by atoms with E-state index >= 15 is 0 Å². The van der Waals surface area contributed by atoms with Crippen LogP contribution in [0, 0.1) is 0 Å². The van der Waals surface area contributed by atoms with Crippen molar-refractivity contribution in [1.82, 2.24) is 9.80 Å². The topological polar surface area (TPSA) is 49.9 Å². The van der Waals surface area contributed by atoms with Crippen molar-refractivity contribution in [3.05, 3.63) is 29.8 Å². The maximum atomic E-state index is 12.3. The van der Waals surface area contributed by atoms with Gasteiger partial charge in [-0.2, -0.15) is 8.78 Å². The average Bonchev–Trinajstić information content (AvgIpc) is 2.78. The minimum atomic E-state index is -2.90. The van der Waals surface area contributed by atoms with Gasteiger partial charge < -0.3 is 14.5 Å². The molecule has 0 saturated carbocycles. The number of alkyl halides is 2. The number of ether oxygens (including phenoxy) is 1. The van der Waals surface area contributed by atoms with Crippen LogP contribution in [0.3, 0.4) is 0 Å². The summed E-state index contributed by atoms with van der Waals surface area (Å²) in [5.74, 6) is -0.434. The van der Waals surface area contributed by atoms with Crippen LogP contribution in [0.2, 0.25) is 0 Å². The van der Waals surface area contributed by atoms with Crippen LogP contribution in [0.5, 0.6) is 5.75 Å². The number of hydrogen-bond donors (Lipinski definition) is 0. The molecule has 0 aliphatic carbocycles. The van der Waals surface area contributed by atoms with E-state index in [1.54, 1.807) is 19.0 Å². The number of carbonyl (C=O) groups is 2. The highest BCUT2D eigenvalue weighted by Gasteiger charge is 2.34. The molecular formula is C14H16F2N2O3. The standard InChI is InChI=1S/C14H16F2N2O3/c1-17-8-7-11(13(17)20)18(2)12(19)9-3-5-10(6-4-9)21-14(15)16/h3-6,11,14H,7-8H2,1-2H3. The molecule has 7 heteroatoms. The van der Waals surface area contributed by atoms with E-state index < -0.39 is 12.7 Å². The van der Waals surface area contributed by atoms with Gasteiger partial charge in [0.2, 0.25) is 5.91 Å². The van der Waals surface area contributed by atoms with Crippen LogP contribution < -0.4 is 4.74 Å². The second-order valence-electron chi connectivity index (χ2n) is 4.88. The zero-order valence-electron chi connectivity index (χ0n) is 11.8. The highest BCUT2D eigenvalue weighted by atomic mass is 19.3. The first-order valence-electron chi connectivity index (χ1n) is 6.47. The number of nitrogens with zero attached hydrogens (tertiary/aromatic N) is 2. The number of benzene rings is 1. The smallest absolute Gasteiger partial charge is 0.387 e. The van der Waals surface area contributed by atoms with Crippen LogP contribution in [-0.2, 0) is 4.79 Å². The van der Waals surface area contributed by atoms with E-state index in [1.807, 2.05) is 0 Å². The van der Waals surface area contributed by atoms with Gasteiger partial charge in [0.1, 0.15) is 11.8 Å². The molecule has 1 saturated heterocycles. The van der Waals surface area contributed by atoms with E-state index in [9.17, 15) is 18.4 Å². The third-order valence-corrected chi connectivity index (χ3v) is 3.51. The van der Waals surface area contributed by atoms with Gasteiger partial charge in [-0.15, -0.1) is 0 Å². The molecule has 0 N–H and O–H groups in total. The van der Waals surface area contributed by atoms with E-state index in [2.05, 4.69) is 4.74 Å². The van der Waals surface area contributed by atoms with Crippen LogP contribution in [0.25, 0.3) is 0 Å². The molecule has 114 valence electrons. The zero-order chi connectivity index (χ0) is 15.6. The number of halogens is 2. The number of amides is 2. The second kappa shape index (κ2) is 6.07. The maximum absolute atomic E-state index is 12.3. The molecule has 1 aliphatic heterocycles. The molecule has 0 bridgehead atoms. The van der Waals surface area contributed by atoms with Crippen molar-refractivity contribution < 1.29 is 23.1 Å². The van der Waals surface area contributed by atoms with Gasteiger partial charge in [-0.1, -0.05) is 0 Å². The monoisotopic (exact) mass is 298 g/mol. The molecule has 1 fully saturated rings. The number of likely N-dealkylation sites (tertiary alicyclic amines) is 1. The van der Waals surface area contributed by atoms with Gasteiger partial charge in [0.25, 0.3) is 5.91 Å². The Morgan fingerprint density at radius 1 is 1.38 bits per heavy atom. The van der Waals surface area contributed by atoms with E-state index in [1.165, 1.54) is 29.2 Å². The molecule has 1 heterocycles. The average molecular weight is 298 g/mol. The SMILES string of the molecule is CN1CCC(N(C)C(=O)c2ccc(OC(F)F)cc2)C1=O.